The fourth-order valence-electron chi connectivity index (χ4n) is 3.36. The van der Waals surface area contributed by atoms with E-state index >= 15 is 0 Å². The third kappa shape index (κ3) is 4.12. The number of anilines is 1. The summed E-state index contributed by atoms with van der Waals surface area (Å²) in [6, 6.07) is 3.95. The van der Waals surface area contributed by atoms with Crippen molar-refractivity contribution in [2.75, 3.05) is 37.0 Å². The molecule has 0 N–H and O–H groups in total. The SMILES string of the molecule is Cc1cc(C)c(N2CCC(N(C)CCS(C)(=O)=O)C2=O)c(C)c1. The molecule has 1 saturated heterocycles. The Balaban J connectivity index is 2.16. The summed E-state index contributed by atoms with van der Waals surface area (Å²) in [5.41, 5.74) is 4.41. The minimum absolute atomic E-state index is 0.0658. The van der Waals surface area contributed by atoms with Gasteiger partial charge in [-0.25, -0.2) is 8.42 Å². The lowest BCUT2D eigenvalue weighted by Crippen LogP contribution is -2.41. The van der Waals surface area contributed by atoms with Crippen LogP contribution in [0.4, 0.5) is 5.69 Å². The Morgan fingerprint density at radius 2 is 1.78 bits per heavy atom. The lowest BCUT2D eigenvalue weighted by molar-refractivity contribution is -0.121. The highest BCUT2D eigenvalue weighted by atomic mass is 32.2. The minimum Gasteiger partial charge on any atom is -0.310 e. The molecule has 1 atom stereocenters. The maximum Gasteiger partial charge on any atom is 0.244 e. The van der Waals surface area contributed by atoms with Crippen LogP contribution in [0.15, 0.2) is 12.1 Å². The van der Waals surface area contributed by atoms with Gasteiger partial charge < -0.3 is 4.90 Å². The molecule has 0 bridgehead atoms. The summed E-state index contributed by atoms with van der Waals surface area (Å²) in [5.74, 6) is 0.145. The third-order valence-electron chi connectivity index (χ3n) is 4.43. The smallest absolute Gasteiger partial charge is 0.244 e. The summed E-state index contributed by atoms with van der Waals surface area (Å²) < 4.78 is 22.6. The molecular weight excluding hydrogens is 312 g/mol. The van der Waals surface area contributed by atoms with Crippen LogP contribution in [0.3, 0.4) is 0 Å². The standard InChI is InChI=1S/C17H26N2O3S/c1-12-10-13(2)16(14(3)11-12)19-7-6-15(17(19)20)18(4)8-9-23(5,21)22/h10-11,15H,6-9H2,1-5H3. The number of sulfone groups is 1. The average Bonchev–Trinajstić information content (AvgIpc) is 2.76. The van der Waals surface area contributed by atoms with E-state index in [1.54, 1.807) is 0 Å². The van der Waals surface area contributed by atoms with Crippen LogP contribution in [0.25, 0.3) is 0 Å². The molecule has 0 aliphatic carbocycles. The van der Waals surface area contributed by atoms with Crippen LogP contribution in [0.5, 0.6) is 0 Å². The van der Waals surface area contributed by atoms with Gasteiger partial charge in [-0.2, -0.15) is 0 Å². The first-order valence-corrected chi connectivity index (χ1v) is 9.93. The van der Waals surface area contributed by atoms with Gasteiger partial charge in [0.15, 0.2) is 0 Å². The molecule has 1 aliphatic rings. The van der Waals surface area contributed by atoms with E-state index in [0.29, 0.717) is 13.1 Å². The number of rotatable bonds is 5. The first-order chi connectivity index (χ1) is 10.6. The van der Waals surface area contributed by atoms with Crippen molar-refractivity contribution in [3.05, 3.63) is 28.8 Å². The highest BCUT2D eigenvalue weighted by Gasteiger charge is 2.36. The molecule has 1 aromatic rings. The molecule has 6 heteroatoms. The fourth-order valence-corrected chi connectivity index (χ4v) is 3.98. The number of carbonyl (C=O) groups excluding carboxylic acids is 1. The van der Waals surface area contributed by atoms with Gasteiger partial charge in [0.2, 0.25) is 5.91 Å². The van der Waals surface area contributed by atoms with Crippen molar-refractivity contribution in [2.45, 2.75) is 33.2 Å². The third-order valence-corrected chi connectivity index (χ3v) is 5.35. The molecule has 1 fully saturated rings. The molecule has 1 unspecified atom stereocenters. The fraction of sp³-hybridized carbons (Fsp3) is 0.588. The van der Waals surface area contributed by atoms with Crippen LogP contribution in [0, 0.1) is 20.8 Å². The van der Waals surface area contributed by atoms with Gasteiger partial charge in [0, 0.05) is 25.0 Å². The van der Waals surface area contributed by atoms with E-state index < -0.39 is 9.84 Å². The molecule has 1 aliphatic heterocycles. The van der Waals surface area contributed by atoms with Gasteiger partial charge in [0.1, 0.15) is 9.84 Å². The van der Waals surface area contributed by atoms with Crippen molar-refractivity contribution in [2.24, 2.45) is 0 Å². The minimum atomic E-state index is -3.02. The van der Waals surface area contributed by atoms with Crippen molar-refractivity contribution in [1.29, 1.82) is 0 Å². The Bertz CT molecular complexity index is 690. The highest BCUT2D eigenvalue weighted by molar-refractivity contribution is 7.90. The second-order valence-corrected chi connectivity index (χ2v) is 8.91. The summed E-state index contributed by atoms with van der Waals surface area (Å²) in [5, 5.41) is 0. The van der Waals surface area contributed by atoms with E-state index in [-0.39, 0.29) is 17.7 Å². The van der Waals surface area contributed by atoms with Gasteiger partial charge >= 0.3 is 0 Å². The summed E-state index contributed by atoms with van der Waals surface area (Å²) in [4.78, 5) is 16.5. The van der Waals surface area contributed by atoms with Crippen LogP contribution in [0.2, 0.25) is 0 Å². The molecule has 5 nitrogen and oxygen atoms in total. The zero-order chi connectivity index (χ0) is 17.4. The number of hydrogen-bond acceptors (Lipinski definition) is 4. The molecule has 128 valence electrons. The highest BCUT2D eigenvalue weighted by Crippen LogP contribution is 2.31. The predicted molar refractivity (Wildman–Crippen MR) is 93.8 cm³/mol. The predicted octanol–water partition coefficient (Wildman–Crippen LogP) is 1.69. The van der Waals surface area contributed by atoms with Crippen LogP contribution in [-0.2, 0) is 14.6 Å². The Morgan fingerprint density at radius 1 is 1.22 bits per heavy atom. The summed E-state index contributed by atoms with van der Waals surface area (Å²) in [6.07, 6.45) is 1.95. The number of benzene rings is 1. The van der Waals surface area contributed by atoms with Crippen LogP contribution >= 0.6 is 0 Å². The molecule has 1 amide bonds. The first kappa shape index (κ1) is 17.9. The summed E-state index contributed by atoms with van der Waals surface area (Å²) >= 11 is 0. The number of amides is 1. The Labute approximate surface area is 139 Å². The molecule has 0 radical (unpaired) electrons. The van der Waals surface area contributed by atoms with E-state index in [4.69, 9.17) is 0 Å². The maximum atomic E-state index is 12.8. The van der Waals surface area contributed by atoms with Gasteiger partial charge in [0.25, 0.3) is 0 Å². The molecule has 0 spiro atoms. The molecule has 1 aromatic carbocycles. The van der Waals surface area contributed by atoms with Crippen LogP contribution in [-0.4, -0.2) is 57.4 Å². The first-order valence-electron chi connectivity index (χ1n) is 7.87. The Hall–Kier alpha value is -1.40. The quantitative estimate of drug-likeness (QED) is 0.820. The number of hydrogen-bond donors (Lipinski definition) is 0. The van der Waals surface area contributed by atoms with Gasteiger partial charge in [-0.1, -0.05) is 17.7 Å². The number of nitrogens with zero attached hydrogens (tertiary/aromatic N) is 2. The zero-order valence-corrected chi connectivity index (χ0v) is 15.4. The summed E-state index contributed by atoms with van der Waals surface area (Å²) in [6.45, 7) is 7.18. The van der Waals surface area contributed by atoms with Crippen molar-refractivity contribution < 1.29 is 13.2 Å². The van der Waals surface area contributed by atoms with Crippen molar-refractivity contribution >= 4 is 21.4 Å². The molecule has 1 heterocycles. The second kappa shape index (κ2) is 6.61. The number of likely N-dealkylation sites (N-methyl/N-ethyl adjacent to an activating group) is 1. The Morgan fingerprint density at radius 3 is 2.30 bits per heavy atom. The van der Waals surface area contributed by atoms with Gasteiger partial charge in [-0.3, -0.25) is 9.69 Å². The number of carbonyl (C=O) groups is 1. The van der Waals surface area contributed by atoms with E-state index in [0.717, 1.165) is 23.2 Å². The molecule has 2 rings (SSSR count). The van der Waals surface area contributed by atoms with Crippen molar-refractivity contribution in [1.82, 2.24) is 4.90 Å². The normalized spacial score (nSPS) is 19.0. The van der Waals surface area contributed by atoms with E-state index in [2.05, 4.69) is 19.1 Å². The topological polar surface area (TPSA) is 57.7 Å². The monoisotopic (exact) mass is 338 g/mol. The molecular formula is C17H26N2O3S. The van der Waals surface area contributed by atoms with Crippen molar-refractivity contribution in [3.63, 3.8) is 0 Å². The number of aryl methyl sites for hydroxylation is 3. The average molecular weight is 338 g/mol. The summed E-state index contributed by atoms with van der Waals surface area (Å²) in [7, 11) is -1.19. The van der Waals surface area contributed by atoms with E-state index in [1.165, 1.54) is 11.8 Å². The molecule has 23 heavy (non-hydrogen) atoms. The van der Waals surface area contributed by atoms with Gasteiger partial charge in [-0.05, 0) is 45.4 Å². The van der Waals surface area contributed by atoms with Gasteiger partial charge in [-0.15, -0.1) is 0 Å². The largest absolute Gasteiger partial charge is 0.310 e. The van der Waals surface area contributed by atoms with Crippen LogP contribution in [0.1, 0.15) is 23.1 Å². The van der Waals surface area contributed by atoms with Crippen LogP contribution < -0.4 is 4.90 Å². The van der Waals surface area contributed by atoms with Crippen molar-refractivity contribution in [3.8, 4) is 0 Å². The second-order valence-electron chi connectivity index (χ2n) is 6.65. The van der Waals surface area contributed by atoms with E-state index in [9.17, 15) is 13.2 Å². The maximum absolute atomic E-state index is 12.8. The molecule has 0 aromatic heterocycles. The zero-order valence-electron chi connectivity index (χ0n) is 14.6. The molecule has 0 saturated carbocycles. The van der Waals surface area contributed by atoms with E-state index in [1.807, 2.05) is 30.7 Å². The lowest BCUT2D eigenvalue weighted by Gasteiger charge is -2.25. The lowest BCUT2D eigenvalue weighted by atomic mass is 10.0. The Kier molecular flexibility index (Phi) is 5.16. The van der Waals surface area contributed by atoms with Gasteiger partial charge in [0.05, 0.1) is 11.8 Å².